The van der Waals surface area contributed by atoms with Crippen LogP contribution in [0.3, 0.4) is 0 Å². The van der Waals surface area contributed by atoms with Crippen LogP contribution in [-0.4, -0.2) is 76.6 Å². The van der Waals surface area contributed by atoms with E-state index in [0.717, 1.165) is 49.6 Å². The van der Waals surface area contributed by atoms with Gasteiger partial charge in [-0.1, -0.05) is 20.8 Å². The number of aliphatic hydroxyl groups is 1. The summed E-state index contributed by atoms with van der Waals surface area (Å²) in [6.07, 6.45) is 3.83. The van der Waals surface area contributed by atoms with Crippen molar-refractivity contribution in [3.8, 4) is 0 Å². The molecule has 1 atom stereocenters. The predicted octanol–water partition coefficient (Wildman–Crippen LogP) is 2.75. The van der Waals surface area contributed by atoms with Crippen LogP contribution < -0.4 is 0 Å². The van der Waals surface area contributed by atoms with Gasteiger partial charge in [0.05, 0.1) is 18.8 Å². The normalized spacial score (nSPS) is 21.5. The van der Waals surface area contributed by atoms with Crippen molar-refractivity contribution >= 4 is 17.7 Å². The van der Waals surface area contributed by atoms with Crippen molar-refractivity contribution in [3.05, 3.63) is 23.0 Å². The second-order valence-corrected chi connectivity index (χ2v) is 9.29. The van der Waals surface area contributed by atoms with Gasteiger partial charge in [0.15, 0.2) is 0 Å². The molecule has 1 unspecified atom stereocenters. The van der Waals surface area contributed by atoms with Crippen molar-refractivity contribution in [2.75, 3.05) is 45.2 Å². The zero-order valence-corrected chi connectivity index (χ0v) is 17.8. The standard InChI is InChI=1S/C20H34N2O4S/c1-5-27-18-17(19(24)25)15(2)13-16(21-9-11-26-12-10-21)22(18)8-6-7-20(3,4)14-23/h13,18,23H,5-12,14H2,1-4H3,(H,24,25). The van der Waals surface area contributed by atoms with E-state index in [9.17, 15) is 15.0 Å². The summed E-state index contributed by atoms with van der Waals surface area (Å²) in [6.45, 7) is 12.1. The third-order valence-corrected chi connectivity index (χ3v) is 6.30. The molecular formula is C20H34N2O4S. The van der Waals surface area contributed by atoms with Crippen molar-refractivity contribution in [2.24, 2.45) is 5.41 Å². The monoisotopic (exact) mass is 398 g/mol. The van der Waals surface area contributed by atoms with Gasteiger partial charge in [-0.3, -0.25) is 0 Å². The number of carboxylic acids is 1. The summed E-state index contributed by atoms with van der Waals surface area (Å²) in [5, 5.41) is 19.2. The number of rotatable bonds is 9. The molecule has 0 bridgehead atoms. The lowest BCUT2D eigenvalue weighted by Gasteiger charge is -2.44. The molecule has 0 aromatic carbocycles. The van der Waals surface area contributed by atoms with Gasteiger partial charge in [0.25, 0.3) is 0 Å². The van der Waals surface area contributed by atoms with Crippen LogP contribution in [0.5, 0.6) is 0 Å². The van der Waals surface area contributed by atoms with Crippen molar-refractivity contribution in [1.29, 1.82) is 0 Å². The van der Waals surface area contributed by atoms with Gasteiger partial charge < -0.3 is 24.7 Å². The summed E-state index contributed by atoms with van der Waals surface area (Å²) < 4.78 is 5.50. The average molecular weight is 399 g/mol. The highest BCUT2D eigenvalue weighted by Crippen LogP contribution is 2.36. The molecular weight excluding hydrogens is 364 g/mol. The summed E-state index contributed by atoms with van der Waals surface area (Å²) in [7, 11) is 0. The Morgan fingerprint density at radius 3 is 2.59 bits per heavy atom. The van der Waals surface area contributed by atoms with Gasteiger partial charge in [0.2, 0.25) is 0 Å². The molecule has 0 amide bonds. The molecule has 0 spiro atoms. The van der Waals surface area contributed by atoms with E-state index in [0.29, 0.717) is 18.8 Å². The summed E-state index contributed by atoms with van der Waals surface area (Å²) in [5.41, 5.74) is 1.20. The quantitative estimate of drug-likeness (QED) is 0.619. The maximum Gasteiger partial charge on any atom is 0.334 e. The summed E-state index contributed by atoms with van der Waals surface area (Å²) in [5.74, 6) is 1.12. The van der Waals surface area contributed by atoms with Crippen LogP contribution in [0.25, 0.3) is 0 Å². The molecule has 6 nitrogen and oxygen atoms in total. The molecule has 2 heterocycles. The van der Waals surface area contributed by atoms with Gasteiger partial charge >= 0.3 is 5.97 Å². The molecule has 7 heteroatoms. The molecule has 1 fully saturated rings. The Bertz CT molecular complexity index is 583. The first-order valence-electron chi connectivity index (χ1n) is 9.78. The van der Waals surface area contributed by atoms with E-state index in [1.165, 1.54) is 0 Å². The molecule has 0 aliphatic carbocycles. The number of allylic oxidation sites excluding steroid dienone is 2. The molecule has 2 aliphatic rings. The zero-order chi connectivity index (χ0) is 20.0. The lowest BCUT2D eigenvalue weighted by Crippen LogP contribution is -2.48. The van der Waals surface area contributed by atoms with Crippen LogP contribution in [0.2, 0.25) is 0 Å². The number of morpholine rings is 1. The molecule has 154 valence electrons. The van der Waals surface area contributed by atoms with Gasteiger partial charge in [-0.25, -0.2) is 4.79 Å². The summed E-state index contributed by atoms with van der Waals surface area (Å²) in [6, 6.07) is 0. The first kappa shape index (κ1) is 22.1. The number of aliphatic hydroxyl groups excluding tert-OH is 1. The van der Waals surface area contributed by atoms with Gasteiger partial charge in [0.1, 0.15) is 11.2 Å². The van der Waals surface area contributed by atoms with E-state index in [1.54, 1.807) is 11.8 Å². The molecule has 2 N–H and O–H groups in total. The van der Waals surface area contributed by atoms with Crippen LogP contribution in [0, 0.1) is 5.41 Å². The fourth-order valence-corrected chi connectivity index (χ4v) is 4.70. The Morgan fingerprint density at radius 2 is 2.04 bits per heavy atom. The van der Waals surface area contributed by atoms with E-state index in [4.69, 9.17) is 4.74 Å². The lowest BCUT2D eigenvalue weighted by molar-refractivity contribution is -0.133. The number of hydrogen-bond acceptors (Lipinski definition) is 6. The van der Waals surface area contributed by atoms with Gasteiger partial charge in [-0.15, -0.1) is 11.8 Å². The minimum atomic E-state index is -0.837. The van der Waals surface area contributed by atoms with Crippen molar-refractivity contribution in [1.82, 2.24) is 9.80 Å². The fourth-order valence-electron chi connectivity index (χ4n) is 3.53. The lowest BCUT2D eigenvalue weighted by atomic mass is 9.89. The number of nitrogens with zero attached hydrogens (tertiary/aromatic N) is 2. The maximum atomic E-state index is 12.0. The number of thioether (sulfide) groups is 1. The van der Waals surface area contributed by atoms with E-state index in [1.807, 2.05) is 13.0 Å². The van der Waals surface area contributed by atoms with E-state index in [2.05, 4.69) is 30.6 Å². The van der Waals surface area contributed by atoms with Crippen LogP contribution >= 0.6 is 11.8 Å². The Kier molecular flexibility index (Phi) is 8.06. The topological polar surface area (TPSA) is 73.2 Å². The highest BCUT2D eigenvalue weighted by atomic mass is 32.2. The Labute approximate surface area is 167 Å². The smallest absolute Gasteiger partial charge is 0.334 e. The molecule has 0 aromatic heterocycles. The Hall–Kier alpha value is -1.18. The van der Waals surface area contributed by atoms with Gasteiger partial charge in [-0.2, -0.15) is 0 Å². The maximum absolute atomic E-state index is 12.0. The minimum absolute atomic E-state index is 0.118. The number of carboxylic acid groups (broad SMARTS) is 1. The van der Waals surface area contributed by atoms with Crippen LogP contribution in [-0.2, 0) is 9.53 Å². The first-order valence-corrected chi connectivity index (χ1v) is 10.8. The van der Waals surface area contributed by atoms with Crippen LogP contribution in [0.4, 0.5) is 0 Å². The third-order valence-electron chi connectivity index (χ3n) is 5.17. The molecule has 2 aliphatic heterocycles. The van der Waals surface area contributed by atoms with Crippen LogP contribution in [0.1, 0.15) is 40.5 Å². The molecule has 27 heavy (non-hydrogen) atoms. The van der Waals surface area contributed by atoms with E-state index < -0.39 is 5.97 Å². The van der Waals surface area contributed by atoms with Gasteiger partial charge in [-0.05, 0) is 42.6 Å². The Morgan fingerprint density at radius 1 is 1.37 bits per heavy atom. The average Bonchev–Trinajstić information content (AvgIpc) is 2.63. The SMILES string of the molecule is CCSC1C(C(=O)O)=C(C)C=C(N2CCOCC2)N1CCCC(C)(C)CO. The molecule has 0 radical (unpaired) electrons. The predicted molar refractivity (Wildman–Crippen MR) is 110 cm³/mol. The first-order chi connectivity index (χ1) is 12.8. The highest BCUT2D eigenvalue weighted by molar-refractivity contribution is 8.00. The van der Waals surface area contributed by atoms with Gasteiger partial charge in [0, 0.05) is 26.2 Å². The number of carbonyl (C=O) groups is 1. The number of aliphatic carboxylic acids is 1. The largest absolute Gasteiger partial charge is 0.478 e. The molecule has 1 saturated heterocycles. The second kappa shape index (κ2) is 9.85. The van der Waals surface area contributed by atoms with E-state index >= 15 is 0 Å². The van der Waals surface area contributed by atoms with Crippen molar-refractivity contribution < 1.29 is 19.7 Å². The fraction of sp³-hybridized carbons (Fsp3) is 0.750. The van der Waals surface area contributed by atoms with Crippen LogP contribution in [0.15, 0.2) is 23.0 Å². The molecule has 2 rings (SSSR count). The Balaban J connectivity index is 2.29. The number of hydrogen-bond donors (Lipinski definition) is 2. The molecule has 0 saturated carbocycles. The van der Waals surface area contributed by atoms with Crippen molar-refractivity contribution in [3.63, 3.8) is 0 Å². The molecule has 0 aromatic rings. The number of ether oxygens (including phenoxy) is 1. The third kappa shape index (κ3) is 5.65. The van der Waals surface area contributed by atoms with E-state index in [-0.39, 0.29) is 17.4 Å². The second-order valence-electron chi connectivity index (χ2n) is 7.93. The van der Waals surface area contributed by atoms with Crippen molar-refractivity contribution in [2.45, 2.75) is 45.9 Å². The highest BCUT2D eigenvalue weighted by Gasteiger charge is 2.35. The summed E-state index contributed by atoms with van der Waals surface area (Å²) >= 11 is 1.67. The zero-order valence-electron chi connectivity index (χ0n) is 17.0. The minimum Gasteiger partial charge on any atom is -0.478 e. The summed E-state index contributed by atoms with van der Waals surface area (Å²) in [4.78, 5) is 16.5.